The van der Waals surface area contributed by atoms with Gasteiger partial charge in [0.15, 0.2) is 0 Å². The van der Waals surface area contributed by atoms with Gasteiger partial charge in [-0.2, -0.15) is 0 Å². The number of alkyl carbamates (subject to hydrolysis) is 1. The van der Waals surface area contributed by atoms with Gasteiger partial charge in [-0.05, 0) is 58.8 Å². The lowest BCUT2D eigenvalue weighted by atomic mass is 9.81. The standard InChI is InChI=1S/C17H32N2O2/c1-12(10-13-6-5-7-13)19-15(14-8-9-14)11-18-16(20)21-17(2,3)4/h12-15,19H,5-11H2,1-4H3,(H,18,20). The highest BCUT2D eigenvalue weighted by atomic mass is 16.6. The van der Waals surface area contributed by atoms with Crippen LogP contribution in [0.4, 0.5) is 4.79 Å². The number of hydrogen-bond acceptors (Lipinski definition) is 3. The SMILES string of the molecule is CC(CC1CCC1)NC(CNC(=O)OC(C)(C)C)C1CC1. The van der Waals surface area contributed by atoms with Crippen LogP contribution in [0.3, 0.4) is 0 Å². The lowest BCUT2D eigenvalue weighted by Crippen LogP contribution is -2.47. The summed E-state index contributed by atoms with van der Waals surface area (Å²) < 4.78 is 5.31. The smallest absolute Gasteiger partial charge is 0.407 e. The van der Waals surface area contributed by atoms with Crippen LogP contribution in [0.1, 0.15) is 66.2 Å². The topological polar surface area (TPSA) is 50.4 Å². The van der Waals surface area contributed by atoms with Crippen LogP contribution in [0.2, 0.25) is 0 Å². The monoisotopic (exact) mass is 296 g/mol. The van der Waals surface area contributed by atoms with E-state index >= 15 is 0 Å². The van der Waals surface area contributed by atoms with Crippen LogP contribution in [0.25, 0.3) is 0 Å². The Hall–Kier alpha value is -0.770. The molecule has 0 bridgehead atoms. The molecule has 0 aromatic rings. The van der Waals surface area contributed by atoms with Crippen molar-refractivity contribution in [3.63, 3.8) is 0 Å². The molecule has 2 unspecified atom stereocenters. The molecular weight excluding hydrogens is 264 g/mol. The van der Waals surface area contributed by atoms with E-state index in [0.717, 1.165) is 11.8 Å². The van der Waals surface area contributed by atoms with Gasteiger partial charge < -0.3 is 15.4 Å². The van der Waals surface area contributed by atoms with Crippen molar-refractivity contribution in [3.05, 3.63) is 0 Å². The van der Waals surface area contributed by atoms with Gasteiger partial charge in [-0.1, -0.05) is 19.3 Å². The summed E-state index contributed by atoms with van der Waals surface area (Å²) in [5.74, 6) is 1.65. The molecule has 0 radical (unpaired) electrons. The van der Waals surface area contributed by atoms with Crippen LogP contribution in [-0.2, 0) is 4.74 Å². The second-order valence-corrected chi connectivity index (χ2v) is 7.93. The van der Waals surface area contributed by atoms with Crippen molar-refractivity contribution in [1.82, 2.24) is 10.6 Å². The maximum atomic E-state index is 11.8. The van der Waals surface area contributed by atoms with Crippen LogP contribution in [0.5, 0.6) is 0 Å². The Kier molecular flexibility index (Phi) is 5.53. The van der Waals surface area contributed by atoms with E-state index in [1.54, 1.807) is 0 Å². The first-order chi connectivity index (χ1) is 9.83. The normalized spacial score (nSPS) is 22.3. The highest BCUT2D eigenvalue weighted by Gasteiger charge is 2.33. The van der Waals surface area contributed by atoms with Gasteiger partial charge in [0, 0.05) is 18.6 Å². The summed E-state index contributed by atoms with van der Waals surface area (Å²) in [5.41, 5.74) is -0.426. The van der Waals surface area contributed by atoms with E-state index in [0.29, 0.717) is 18.6 Å². The Morgan fingerprint density at radius 2 is 1.90 bits per heavy atom. The Bertz CT molecular complexity index is 343. The fourth-order valence-electron chi connectivity index (χ4n) is 3.03. The van der Waals surface area contributed by atoms with Gasteiger partial charge in [-0.3, -0.25) is 0 Å². The molecule has 0 aromatic carbocycles. The van der Waals surface area contributed by atoms with Gasteiger partial charge in [0.25, 0.3) is 0 Å². The molecule has 21 heavy (non-hydrogen) atoms. The lowest BCUT2D eigenvalue weighted by molar-refractivity contribution is 0.0519. The summed E-state index contributed by atoms with van der Waals surface area (Å²) in [7, 11) is 0. The fraction of sp³-hybridized carbons (Fsp3) is 0.941. The average molecular weight is 296 g/mol. The number of amides is 1. The first-order valence-corrected chi connectivity index (χ1v) is 8.56. The molecule has 0 heterocycles. The van der Waals surface area contributed by atoms with Gasteiger partial charge in [0.2, 0.25) is 0 Å². The summed E-state index contributed by atoms with van der Waals surface area (Å²) in [4.78, 5) is 11.8. The largest absolute Gasteiger partial charge is 0.444 e. The van der Waals surface area contributed by atoms with Crippen molar-refractivity contribution in [1.29, 1.82) is 0 Å². The third-order valence-electron chi connectivity index (χ3n) is 4.47. The average Bonchev–Trinajstić information content (AvgIpc) is 3.11. The van der Waals surface area contributed by atoms with Crippen LogP contribution in [0, 0.1) is 11.8 Å². The predicted octanol–water partition coefficient (Wildman–Crippen LogP) is 3.46. The lowest BCUT2D eigenvalue weighted by Gasteiger charge is -2.31. The molecule has 0 aliphatic heterocycles. The summed E-state index contributed by atoms with van der Waals surface area (Å²) >= 11 is 0. The number of hydrogen-bond donors (Lipinski definition) is 2. The van der Waals surface area contributed by atoms with Crippen LogP contribution < -0.4 is 10.6 Å². The summed E-state index contributed by atoms with van der Waals surface area (Å²) in [5, 5.41) is 6.65. The van der Waals surface area contributed by atoms with E-state index in [2.05, 4.69) is 17.6 Å². The maximum Gasteiger partial charge on any atom is 0.407 e. The minimum Gasteiger partial charge on any atom is -0.444 e. The predicted molar refractivity (Wildman–Crippen MR) is 85.3 cm³/mol. The molecular formula is C17H32N2O2. The minimum atomic E-state index is -0.426. The zero-order chi connectivity index (χ0) is 15.5. The molecule has 0 aromatic heterocycles. The van der Waals surface area contributed by atoms with E-state index in [-0.39, 0.29) is 6.09 Å². The zero-order valence-electron chi connectivity index (χ0n) is 14.1. The van der Waals surface area contributed by atoms with E-state index in [4.69, 9.17) is 4.74 Å². The van der Waals surface area contributed by atoms with Crippen molar-refractivity contribution >= 4 is 6.09 Å². The highest BCUT2D eigenvalue weighted by Crippen LogP contribution is 2.34. The number of carbonyl (C=O) groups excluding carboxylic acids is 1. The molecule has 2 fully saturated rings. The fourth-order valence-corrected chi connectivity index (χ4v) is 3.03. The van der Waals surface area contributed by atoms with E-state index in [9.17, 15) is 4.79 Å². The Morgan fingerprint density at radius 3 is 2.38 bits per heavy atom. The number of rotatable bonds is 7. The maximum absolute atomic E-state index is 11.8. The molecule has 2 N–H and O–H groups in total. The van der Waals surface area contributed by atoms with Gasteiger partial charge in [0.1, 0.15) is 5.60 Å². The molecule has 2 aliphatic rings. The molecule has 2 rings (SSSR count). The molecule has 2 saturated carbocycles. The van der Waals surface area contributed by atoms with Crippen LogP contribution in [-0.4, -0.2) is 30.3 Å². The quantitative estimate of drug-likeness (QED) is 0.756. The highest BCUT2D eigenvalue weighted by molar-refractivity contribution is 5.67. The molecule has 4 heteroatoms. The zero-order valence-corrected chi connectivity index (χ0v) is 14.1. The van der Waals surface area contributed by atoms with E-state index < -0.39 is 5.60 Å². The third-order valence-corrected chi connectivity index (χ3v) is 4.47. The van der Waals surface area contributed by atoms with E-state index in [1.807, 2.05) is 20.8 Å². The molecule has 122 valence electrons. The van der Waals surface area contributed by atoms with Crippen LogP contribution in [0.15, 0.2) is 0 Å². The van der Waals surface area contributed by atoms with Crippen molar-refractivity contribution < 1.29 is 9.53 Å². The first-order valence-electron chi connectivity index (χ1n) is 8.56. The molecule has 0 spiro atoms. The van der Waals surface area contributed by atoms with Gasteiger partial charge in [0.05, 0.1) is 0 Å². The van der Waals surface area contributed by atoms with Crippen molar-refractivity contribution in [2.75, 3.05) is 6.54 Å². The van der Waals surface area contributed by atoms with Gasteiger partial charge >= 0.3 is 6.09 Å². The minimum absolute atomic E-state index is 0.304. The molecule has 1 amide bonds. The molecule has 2 aliphatic carbocycles. The molecule has 4 nitrogen and oxygen atoms in total. The van der Waals surface area contributed by atoms with E-state index in [1.165, 1.54) is 38.5 Å². The third kappa shape index (κ3) is 6.25. The summed E-state index contributed by atoms with van der Waals surface area (Å²) in [6, 6.07) is 0.939. The Labute approximate surface area is 129 Å². The number of nitrogens with one attached hydrogen (secondary N) is 2. The van der Waals surface area contributed by atoms with Crippen LogP contribution >= 0.6 is 0 Å². The molecule has 2 atom stereocenters. The summed E-state index contributed by atoms with van der Waals surface area (Å²) in [6.45, 7) is 8.63. The second kappa shape index (κ2) is 6.99. The number of ether oxygens (including phenoxy) is 1. The van der Waals surface area contributed by atoms with Gasteiger partial charge in [-0.25, -0.2) is 4.79 Å². The van der Waals surface area contributed by atoms with Gasteiger partial charge in [-0.15, -0.1) is 0 Å². The summed E-state index contributed by atoms with van der Waals surface area (Å²) in [6.07, 6.45) is 7.74. The Balaban J connectivity index is 1.70. The second-order valence-electron chi connectivity index (χ2n) is 7.93. The Morgan fingerprint density at radius 1 is 1.24 bits per heavy atom. The molecule has 0 saturated heterocycles. The van der Waals surface area contributed by atoms with Crippen molar-refractivity contribution in [3.8, 4) is 0 Å². The van der Waals surface area contributed by atoms with Crippen molar-refractivity contribution in [2.24, 2.45) is 11.8 Å². The first kappa shape index (κ1) is 16.6. The van der Waals surface area contributed by atoms with Crippen molar-refractivity contribution in [2.45, 2.75) is 83.9 Å². The number of carbonyl (C=O) groups is 1.